The van der Waals surface area contributed by atoms with Crippen molar-refractivity contribution in [2.24, 2.45) is 5.92 Å². The number of aromatic amines is 1. The van der Waals surface area contributed by atoms with Crippen molar-refractivity contribution in [2.75, 3.05) is 5.32 Å². The number of halogens is 4. The van der Waals surface area contributed by atoms with Gasteiger partial charge in [-0.15, -0.1) is 0 Å². The zero-order valence-electron chi connectivity index (χ0n) is 11.4. The van der Waals surface area contributed by atoms with Gasteiger partial charge in [0.15, 0.2) is 0 Å². The molecule has 0 fully saturated rings. The maximum Gasteiger partial charge on any atom is 0.417 e. The van der Waals surface area contributed by atoms with Gasteiger partial charge < -0.3 is 10.3 Å². The fourth-order valence-electron chi connectivity index (χ4n) is 1.84. The maximum atomic E-state index is 12.6. The van der Waals surface area contributed by atoms with Crippen LogP contribution in [0.2, 0.25) is 5.02 Å². The van der Waals surface area contributed by atoms with Gasteiger partial charge in [0.25, 0.3) is 0 Å². The standard InChI is InChI=1S/C13H14ClF3N4/c1-7(2)10(12-18-3-4-19-12)21-11-9(14)5-8(6-20-11)13(15,16)17/h3-7,10H,1-2H3,(H,18,19)(H,20,21)/t10-/m0/s1. The van der Waals surface area contributed by atoms with Crippen LogP contribution >= 0.6 is 11.6 Å². The van der Waals surface area contributed by atoms with Crippen LogP contribution in [0.25, 0.3) is 0 Å². The zero-order chi connectivity index (χ0) is 15.6. The highest BCUT2D eigenvalue weighted by Crippen LogP contribution is 2.34. The molecule has 0 aliphatic heterocycles. The number of nitrogens with zero attached hydrogens (tertiary/aromatic N) is 2. The van der Waals surface area contributed by atoms with Gasteiger partial charge in [0.05, 0.1) is 16.6 Å². The fraction of sp³-hybridized carbons (Fsp3) is 0.385. The summed E-state index contributed by atoms with van der Waals surface area (Å²) in [5.74, 6) is 0.999. The third-order valence-corrected chi connectivity index (χ3v) is 3.23. The lowest BCUT2D eigenvalue weighted by atomic mass is 10.0. The van der Waals surface area contributed by atoms with Crippen molar-refractivity contribution in [1.29, 1.82) is 0 Å². The van der Waals surface area contributed by atoms with Gasteiger partial charge in [-0.25, -0.2) is 9.97 Å². The third-order valence-electron chi connectivity index (χ3n) is 2.94. The number of alkyl halides is 3. The molecule has 1 atom stereocenters. The Hall–Kier alpha value is -1.76. The molecule has 0 aromatic carbocycles. The van der Waals surface area contributed by atoms with Crippen molar-refractivity contribution in [3.63, 3.8) is 0 Å². The lowest BCUT2D eigenvalue weighted by molar-refractivity contribution is -0.137. The largest absolute Gasteiger partial charge is 0.417 e. The van der Waals surface area contributed by atoms with E-state index in [2.05, 4.69) is 20.3 Å². The summed E-state index contributed by atoms with van der Waals surface area (Å²) in [7, 11) is 0. The molecule has 2 rings (SSSR count). The van der Waals surface area contributed by atoms with Gasteiger partial charge in [-0.05, 0) is 12.0 Å². The third kappa shape index (κ3) is 3.66. The first kappa shape index (κ1) is 15.6. The molecule has 0 saturated heterocycles. The van der Waals surface area contributed by atoms with E-state index in [4.69, 9.17) is 11.6 Å². The minimum absolute atomic E-state index is 0.0815. The number of hydrogen-bond acceptors (Lipinski definition) is 3. The first-order valence-corrected chi connectivity index (χ1v) is 6.65. The van der Waals surface area contributed by atoms with E-state index in [9.17, 15) is 13.2 Å². The van der Waals surface area contributed by atoms with Crippen molar-refractivity contribution in [1.82, 2.24) is 15.0 Å². The molecule has 2 aromatic heterocycles. The van der Waals surface area contributed by atoms with Gasteiger partial charge >= 0.3 is 6.18 Å². The molecule has 0 radical (unpaired) electrons. The number of hydrogen-bond donors (Lipinski definition) is 2. The summed E-state index contributed by atoms with van der Waals surface area (Å²) in [4.78, 5) is 10.9. The Balaban J connectivity index is 2.26. The average molecular weight is 319 g/mol. The van der Waals surface area contributed by atoms with Gasteiger partial charge in [-0.2, -0.15) is 13.2 Å². The normalized spacial score (nSPS) is 13.5. The predicted molar refractivity (Wildman–Crippen MR) is 74.0 cm³/mol. The molecule has 2 heterocycles. The first-order valence-electron chi connectivity index (χ1n) is 6.27. The zero-order valence-corrected chi connectivity index (χ0v) is 12.1. The number of pyridine rings is 1. The Morgan fingerprint density at radius 2 is 2.00 bits per heavy atom. The van der Waals surface area contributed by atoms with Crippen LogP contribution in [0.3, 0.4) is 0 Å². The second kappa shape index (κ2) is 5.93. The number of aromatic nitrogens is 3. The van der Waals surface area contributed by atoms with Crippen LogP contribution in [-0.4, -0.2) is 15.0 Å². The summed E-state index contributed by atoms with van der Waals surface area (Å²) in [6.45, 7) is 3.91. The van der Waals surface area contributed by atoms with E-state index < -0.39 is 11.7 Å². The molecule has 0 saturated carbocycles. The van der Waals surface area contributed by atoms with Gasteiger partial charge in [0, 0.05) is 18.6 Å². The molecule has 0 spiro atoms. The van der Waals surface area contributed by atoms with Crippen molar-refractivity contribution < 1.29 is 13.2 Å². The summed E-state index contributed by atoms with van der Waals surface area (Å²) in [6, 6.07) is 0.623. The highest BCUT2D eigenvalue weighted by Gasteiger charge is 2.32. The minimum atomic E-state index is -4.46. The molecule has 0 aliphatic rings. The van der Waals surface area contributed by atoms with Crippen LogP contribution in [0, 0.1) is 5.92 Å². The van der Waals surface area contributed by atoms with Crippen LogP contribution in [0.1, 0.15) is 31.3 Å². The van der Waals surface area contributed by atoms with Crippen molar-refractivity contribution >= 4 is 17.4 Å². The van der Waals surface area contributed by atoms with Crippen LogP contribution in [0.15, 0.2) is 24.7 Å². The van der Waals surface area contributed by atoms with Gasteiger partial charge in [-0.3, -0.25) is 0 Å². The van der Waals surface area contributed by atoms with E-state index in [0.29, 0.717) is 5.82 Å². The Bertz CT molecular complexity index is 596. The molecule has 0 amide bonds. The van der Waals surface area contributed by atoms with E-state index in [1.165, 1.54) is 0 Å². The highest BCUT2D eigenvalue weighted by atomic mass is 35.5. The lowest BCUT2D eigenvalue weighted by Gasteiger charge is -2.21. The molecule has 0 unspecified atom stereocenters. The summed E-state index contributed by atoms with van der Waals surface area (Å²) in [5, 5.41) is 2.94. The molecular weight excluding hydrogens is 305 g/mol. The van der Waals surface area contributed by atoms with Crippen LogP contribution < -0.4 is 5.32 Å². The molecule has 8 heteroatoms. The van der Waals surface area contributed by atoms with E-state index in [1.54, 1.807) is 12.4 Å². The SMILES string of the molecule is CC(C)[C@H](Nc1ncc(C(F)(F)F)cc1Cl)c1ncc[nH]1. The van der Waals surface area contributed by atoms with Crippen molar-refractivity contribution in [2.45, 2.75) is 26.1 Å². The number of H-pyrrole nitrogens is 1. The van der Waals surface area contributed by atoms with Crippen LogP contribution in [-0.2, 0) is 6.18 Å². The molecule has 114 valence electrons. The molecule has 4 nitrogen and oxygen atoms in total. The fourth-order valence-corrected chi connectivity index (χ4v) is 2.07. The highest BCUT2D eigenvalue weighted by molar-refractivity contribution is 6.33. The molecule has 0 aliphatic carbocycles. The monoisotopic (exact) mass is 318 g/mol. The smallest absolute Gasteiger partial charge is 0.359 e. The van der Waals surface area contributed by atoms with Gasteiger partial charge in [0.2, 0.25) is 0 Å². The first-order chi connectivity index (χ1) is 9.79. The second-order valence-corrected chi connectivity index (χ2v) is 5.30. The van der Waals surface area contributed by atoms with Crippen LogP contribution in [0.5, 0.6) is 0 Å². The minimum Gasteiger partial charge on any atom is -0.359 e. The van der Waals surface area contributed by atoms with Gasteiger partial charge in [0.1, 0.15) is 11.6 Å². The quantitative estimate of drug-likeness (QED) is 0.884. The number of imidazole rings is 1. The maximum absolute atomic E-state index is 12.6. The number of nitrogens with one attached hydrogen (secondary N) is 2. The molecule has 2 N–H and O–H groups in total. The predicted octanol–water partition coefficient (Wildman–Crippen LogP) is 4.29. The summed E-state index contributed by atoms with van der Waals surface area (Å²) < 4.78 is 37.7. The Labute approximate surface area is 124 Å². The summed E-state index contributed by atoms with van der Waals surface area (Å²) >= 11 is 5.89. The summed E-state index contributed by atoms with van der Waals surface area (Å²) in [6.07, 6.45) is -0.427. The van der Waals surface area contributed by atoms with Crippen LogP contribution in [0.4, 0.5) is 19.0 Å². The Kier molecular flexibility index (Phi) is 4.41. The van der Waals surface area contributed by atoms with E-state index in [1.807, 2.05) is 13.8 Å². The van der Waals surface area contributed by atoms with E-state index in [0.717, 1.165) is 12.3 Å². The molecular formula is C13H14ClF3N4. The lowest BCUT2D eigenvalue weighted by Crippen LogP contribution is -2.19. The molecule has 21 heavy (non-hydrogen) atoms. The summed E-state index contributed by atoms with van der Waals surface area (Å²) in [5.41, 5.74) is -0.878. The molecule has 0 bridgehead atoms. The number of anilines is 1. The Morgan fingerprint density at radius 1 is 1.29 bits per heavy atom. The van der Waals surface area contributed by atoms with Gasteiger partial charge in [-0.1, -0.05) is 25.4 Å². The average Bonchev–Trinajstić information content (AvgIpc) is 2.89. The second-order valence-electron chi connectivity index (χ2n) is 4.89. The van der Waals surface area contributed by atoms with E-state index >= 15 is 0 Å². The topological polar surface area (TPSA) is 53.6 Å². The van der Waals surface area contributed by atoms with E-state index in [-0.39, 0.29) is 22.8 Å². The number of rotatable bonds is 4. The van der Waals surface area contributed by atoms with Crippen molar-refractivity contribution in [3.05, 3.63) is 41.1 Å². The van der Waals surface area contributed by atoms with Crippen molar-refractivity contribution in [3.8, 4) is 0 Å². The molecule has 2 aromatic rings. The Morgan fingerprint density at radius 3 is 2.48 bits per heavy atom.